The number of hydrogen-bond acceptors (Lipinski definition) is 5. The summed E-state index contributed by atoms with van der Waals surface area (Å²) in [4.78, 5) is 2.38. The molecule has 6 heteroatoms. The summed E-state index contributed by atoms with van der Waals surface area (Å²) in [6.45, 7) is 8.57. The molecule has 1 aromatic rings. The van der Waals surface area contributed by atoms with E-state index >= 15 is 0 Å². The molecule has 0 fully saturated rings. The first-order valence-corrected chi connectivity index (χ1v) is 10.8. The SMILES string of the molecule is CCCCCCN(C)CCCC(C#N)(c1cc(OC)c(OC)c(OC)c1)C(C)C.Cl. The van der Waals surface area contributed by atoms with E-state index in [-0.39, 0.29) is 18.3 Å². The van der Waals surface area contributed by atoms with Crippen molar-refractivity contribution in [2.24, 2.45) is 5.92 Å². The van der Waals surface area contributed by atoms with Crippen LogP contribution in [-0.4, -0.2) is 46.4 Å². The van der Waals surface area contributed by atoms with Crippen LogP contribution < -0.4 is 14.2 Å². The average molecular weight is 441 g/mol. The zero-order valence-electron chi connectivity index (χ0n) is 19.9. The van der Waals surface area contributed by atoms with Crippen molar-refractivity contribution in [1.29, 1.82) is 5.26 Å². The molecule has 0 amide bonds. The highest BCUT2D eigenvalue weighted by Gasteiger charge is 2.37. The van der Waals surface area contributed by atoms with Gasteiger partial charge in [-0.2, -0.15) is 5.26 Å². The molecule has 0 saturated carbocycles. The van der Waals surface area contributed by atoms with Crippen LogP contribution in [0.2, 0.25) is 0 Å². The van der Waals surface area contributed by atoms with Crippen LogP contribution in [0.1, 0.15) is 64.9 Å². The van der Waals surface area contributed by atoms with Crippen LogP contribution in [0, 0.1) is 17.2 Å². The van der Waals surface area contributed by atoms with Gasteiger partial charge in [-0.1, -0.05) is 40.0 Å². The summed E-state index contributed by atoms with van der Waals surface area (Å²) in [5.74, 6) is 1.90. The molecule has 0 radical (unpaired) electrons. The van der Waals surface area contributed by atoms with Crippen LogP contribution in [-0.2, 0) is 5.41 Å². The zero-order chi connectivity index (χ0) is 21.9. The molecule has 0 bridgehead atoms. The lowest BCUT2D eigenvalue weighted by Gasteiger charge is -2.33. The van der Waals surface area contributed by atoms with E-state index in [1.807, 2.05) is 12.1 Å². The second-order valence-electron chi connectivity index (χ2n) is 8.12. The second-order valence-corrected chi connectivity index (χ2v) is 8.12. The Morgan fingerprint density at radius 2 is 1.53 bits per heavy atom. The molecule has 5 nitrogen and oxygen atoms in total. The van der Waals surface area contributed by atoms with Gasteiger partial charge in [-0.05, 0) is 63.0 Å². The van der Waals surface area contributed by atoms with E-state index < -0.39 is 5.41 Å². The number of halogens is 1. The van der Waals surface area contributed by atoms with Crippen LogP contribution in [0.15, 0.2) is 12.1 Å². The largest absolute Gasteiger partial charge is 0.493 e. The number of nitrogens with zero attached hydrogens (tertiary/aromatic N) is 2. The van der Waals surface area contributed by atoms with E-state index in [4.69, 9.17) is 14.2 Å². The lowest BCUT2D eigenvalue weighted by atomic mass is 9.69. The highest BCUT2D eigenvalue weighted by atomic mass is 35.5. The summed E-state index contributed by atoms with van der Waals surface area (Å²) < 4.78 is 16.5. The Hall–Kier alpha value is -1.64. The van der Waals surface area contributed by atoms with E-state index in [9.17, 15) is 5.26 Å². The van der Waals surface area contributed by atoms with E-state index in [0.717, 1.165) is 31.5 Å². The zero-order valence-corrected chi connectivity index (χ0v) is 20.7. The first kappa shape index (κ1) is 28.4. The van der Waals surface area contributed by atoms with Gasteiger partial charge in [0.25, 0.3) is 0 Å². The topological polar surface area (TPSA) is 54.7 Å². The molecule has 0 aliphatic heterocycles. The predicted octanol–water partition coefficient (Wildman–Crippen LogP) is 5.84. The number of methoxy groups -OCH3 is 3. The van der Waals surface area contributed by atoms with Crippen LogP contribution in [0.25, 0.3) is 0 Å². The summed E-state index contributed by atoms with van der Waals surface area (Å²) in [7, 11) is 6.99. The van der Waals surface area contributed by atoms with E-state index in [1.54, 1.807) is 21.3 Å². The highest BCUT2D eigenvalue weighted by Crippen LogP contribution is 2.45. The maximum absolute atomic E-state index is 10.2. The van der Waals surface area contributed by atoms with E-state index in [1.165, 1.54) is 25.7 Å². The highest BCUT2D eigenvalue weighted by molar-refractivity contribution is 5.85. The van der Waals surface area contributed by atoms with Crippen LogP contribution in [0.3, 0.4) is 0 Å². The molecule has 172 valence electrons. The molecule has 0 aromatic heterocycles. The second kappa shape index (κ2) is 14.4. The molecule has 1 aromatic carbocycles. The van der Waals surface area contributed by atoms with Crippen LogP contribution in [0.4, 0.5) is 0 Å². The summed E-state index contributed by atoms with van der Waals surface area (Å²) in [6, 6.07) is 6.49. The molecule has 0 saturated heterocycles. The Balaban J connectivity index is 0.00000841. The molecule has 1 unspecified atom stereocenters. The maximum atomic E-state index is 10.2. The van der Waals surface area contributed by atoms with Gasteiger partial charge in [0.15, 0.2) is 11.5 Å². The molecule has 0 spiro atoms. The molecule has 1 atom stereocenters. The molecule has 30 heavy (non-hydrogen) atoms. The van der Waals surface area contributed by atoms with E-state index in [0.29, 0.717) is 17.2 Å². The smallest absolute Gasteiger partial charge is 0.203 e. The monoisotopic (exact) mass is 440 g/mol. The summed E-state index contributed by atoms with van der Waals surface area (Å²) >= 11 is 0. The average Bonchev–Trinajstić information content (AvgIpc) is 2.73. The third-order valence-electron chi connectivity index (χ3n) is 5.87. The first-order chi connectivity index (χ1) is 13.9. The van der Waals surface area contributed by atoms with Gasteiger partial charge in [0.1, 0.15) is 0 Å². The predicted molar refractivity (Wildman–Crippen MR) is 126 cm³/mol. The lowest BCUT2D eigenvalue weighted by Crippen LogP contribution is -2.32. The minimum Gasteiger partial charge on any atom is -0.493 e. The van der Waals surface area contributed by atoms with Crippen molar-refractivity contribution >= 4 is 12.4 Å². The summed E-state index contributed by atoms with van der Waals surface area (Å²) in [5.41, 5.74) is 0.325. The minimum absolute atomic E-state index is 0. The number of unbranched alkanes of at least 4 members (excludes halogenated alkanes) is 3. The van der Waals surface area contributed by atoms with Crippen LogP contribution >= 0.6 is 12.4 Å². The normalized spacial score (nSPS) is 12.8. The van der Waals surface area contributed by atoms with Gasteiger partial charge in [-0.25, -0.2) is 0 Å². The van der Waals surface area contributed by atoms with Crippen molar-refractivity contribution < 1.29 is 14.2 Å². The summed E-state index contributed by atoms with van der Waals surface area (Å²) in [5, 5.41) is 10.2. The number of hydrogen-bond donors (Lipinski definition) is 0. The molecule has 0 heterocycles. The van der Waals surface area contributed by atoms with Gasteiger partial charge < -0.3 is 19.1 Å². The Morgan fingerprint density at radius 3 is 1.97 bits per heavy atom. The number of ether oxygens (including phenoxy) is 3. The Morgan fingerprint density at radius 1 is 0.967 bits per heavy atom. The number of rotatable bonds is 14. The fourth-order valence-corrected chi connectivity index (χ4v) is 3.90. The first-order valence-electron chi connectivity index (χ1n) is 10.8. The third-order valence-corrected chi connectivity index (χ3v) is 5.87. The quantitative estimate of drug-likeness (QED) is 0.340. The standard InChI is InChI=1S/C24H40N2O3.ClH/c1-8-9-10-11-14-26(4)15-12-13-24(18-25,19(2)3)20-16-21(27-5)23(29-7)22(17-20)28-6;/h16-17,19H,8-15H2,1-7H3;1H. The fraction of sp³-hybridized carbons (Fsp3) is 0.708. The van der Waals surface area contributed by atoms with E-state index in [2.05, 4.69) is 38.8 Å². The molecule has 1 rings (SSSR count). The molecule has 0 aliphatic carbocycles. The maximum Gasteiger partial charge on any atom is 0.203 e. The minimum atomic E-state index is -0.601. The number of benzene rings is 1. The van der Waals surface area contributed by atoms with Gasteiger partial charge >= 0.3 is 0 Å². The van der Waals surface area contributed by atoms with Gasteiger partial charge in [0.2, 0.25) is 5.75 Å². The third kappa shape index (κ3) is 7.25. The molecular formula is C24H41ClN2O3. The molecule has 0 N–H and O–H groups in total. The van der Waals surface area contributed by atoms with Crippen molar-refractivity contribution in [3.63, 3.8) is 0 Å². The van der Waals surface area contributed by atoms with Crippen molar-refractivity contribution in [2.45, 2.75) is 64.7 Å². The van der Waals surface area contributed by atoms with Crippen LogP contribution in [0.5, 0.6) is 17.2 Å². The van der Waals surface area contributed by atoms with Crippen molar-refractivity contribution in [3.8, 4) is 23.3 Å². The van der Waals surface area contributed by atoms with Gasteiger partial charge in [0.05, 0.1) is 32.8 Å². The Labute approximate surface area is 190 Å². The van der Waals surface area contributed by atoms with Crippen molar-refractivity contribution in [1.82, 2.24) is 4.90 Å². The molecular weight excluding hydrogens is 400 g/mol. The van der Waals surface area contributed by atoms with Gasteiger partial charge in [-0.3, -0.25) is 0 Å². The van der Waals surface area contributed by atoms with Gasteiger partial charge in [-0.15, -0.1) is 12.4 Å². The van der Waals surface area contributed by atoms with Crippen molar-refractivity contribution in [3.05, 3.63) is 17.7 Å². The molecule has 0 aliphatic rings. The van der Waals surface area contributed by atoms with Gasteiger partial charge in [0, 0.05) is 0 Å². The van der Waals surface area contributed by atoms with Crippen molar-refractivity contribution in [2.75, 3.05) is 41.5 Å². The Bertz CT molecular complexity index is 635. The Kier molecular flexibility index (Phi) is 13.6. The fourth-order valence-electron chi connectivity index (χ4n) is 3.90. The number of nitriles is 1. The summed E-state index contributed by atoms with van der Waals surface area (Å²) in [6.07, 6.45) is 6.86. The lowest BCUT2D eigenvalue weighted by molar-refractivity contribution is 0.284.